The minimum Gasteiger partial charge on any atom is -0.384 e. The molecular formula is C17H24ClNO. The Kier molecular flexibility index (Phi) is 4.29. The average molecular weight is 294 g/mol. The van der Waals surface area contributed by atoms with Gasteiger partial charge in [0.05, 0.1) is 0 Å². The number of benzene rings is 1. The fourth-order valence-electron chi connectivity index (χ4n) is 3.02. The van der Waals surface area contributed by atoms with Crippen molar-refractivity contribution in [3.63, 3.8) is 0 Å². The highest BCUT2D eigenvalue weighted by molar-refractivity contribution is 6.30. The maximum atomic E-state index is 11.2. The van der Waals surface area contributed by atoms with Crippen LogP contribution < -0.4 is 0 Å². The molecular weight excluding hydrogens is 270 g/mol. The van der Waals surface area contributed by atoms with E-state index >= 15 is 0 Å². The topological polar surface area (TPSA) is 23.5 Å². The van der Waals surface area contributed by atoms with Gasteiger partial charge in [-0.3, -0.25) is 0 Å². The van der Waals surface area contributed by atoms with Crippen molar-refractivity contribution >= 4 is 17.7 Å². The van der Waals surface area contributed by atoms with Gasteiger partial charge in [-0.05, 0) is 55.6 Å². The number of likely N-dealkylation sites (N-methyl/N-ethyl adjacent to an activating group) is 1. The Balaban J connectivity index is 2.37. The van der Waals surface area contributed by atoms with Crippen molar-refractivity contribution in [2.45, 2.75) is 32.3 Å². The third-order valence-corrected chi connectivity index (χ3v) is 4.68. The molecule has 1 atom stereocenters. The van der Waals surface area contributed by atoms with E-state index in [1.165, 1.54) is 0 Å². The van der Waals surface area contributed by atoms with Crippen molar-refractivity contribution in [1.29, 1.82) is 0 Å². The molecule has 0 bridgehead atoms. The molecule has 1 unspecified atom stereocenters. The quantitative estimate of drug-likeness (QED) is 0.915. The van der Waals surface area contributed by atoms with Crippen LogP contribution in [0.2, 0.25) is 5.02 Å². The van der Waals surface area contributed by atoms with Gasteiger partial charge in [-0.2, -0.15) is 0 Å². The van der Waals surface area contributed by atoms with E-state index in [1.807, 2.05) is 38.4 Å². The Hall–Kier alpha value is -0.830. The zero-order valence-electron chi connectivity index (χ0n) is 12.8. The average Bonchev–Trinajstić information content (AvgIpc) is 2.55. The van der Waals surface area contributed by atoms with Gasteiger partial charge in [0, 0.05) is 11.6 Å². The van der Waals surface area contributed by atoms with E-state index in [0.717, 1.165) is 29.0 Å². The lowest BCUT2D eigenvalue weighted by atomic mass is 9.75. The number of aliphatic hydroxyl groups is 1. The number of nitrogens with zero attached hydrogens (tertiary/aromatic N) is 1. The molecule has 110 valence electrons. The molecule has 1 aromatic carbocycles. The third kappa shape index (κ3) is 2.93. The molecule has 1 aliphatic rings. The molecule has 20 heavy (non-hydrogen) atoms. The molecule has 1 aliphatic carbocycles. The molecule has 1 aromatic rings. The van der Waals surface area contributed by atoms with Gasteiger partial charge in [0.15, 0.2) is 0 Å². The lowest BCUT2D eigenvalue weighted by Gasteiger charge is -2.39. The summed E-state index contributed by atoms with van der Waals surface area (Å²) in [4.78, 5) is 2.06. The first-order chi connectivity index (χ1) is 9.24. The second-order valence-corrected chi connectivity index (χ2v) is 7.14. The molecule has 2 nitrogen and oxygen atoms in total. The normalized spacial score (nSPS) is 27.4. The van der Waals surface area contributed by atoms with E-state index in [0.29, 0.717) is 6.54 Å². The fourth-order valence-corrected chi connectivity index (χ4v) is 3.15. The van der Waals surface area contributed by atoms with E-state index in [1.54, 1.807) is 0 Å². The summed E-state index contributed by atoms with van der Waals surface area (Å²) in [6, 6.07) is 7.77. The van der Waals surface area contributed by atoms with Crippen LogP contribution in [0, 0.1) is 5.41 Å². The van der Waals surface area contributed by atoms with Crippen molar-refractivity contribution < 1.29 is 5.11 Å². The van der Waals surface area contributed by atoms with E-state index in [2.05, 4.69) is 24.8 Å². The summed E-state index contributed by atoms with van der Waals surface area (Å²) < 4.78 is 0. The summed E-state index contributed by atoms with van der Waals surface area (Å²) in [7, 11) is 4.01. The fraction of sp³-hybridized carbons (Fsp3) is 0.529. The molecule has 1 N–H and O–H groups in total. The van der Waals surface area contributed by atoms with Gasteiger partial charge in [0.25, 0.3) is 0 Å². The second-order valence-electron chi connectivity index (χ2n) is 6.70. The molecule has 3 heteroatoms. The molecule has 0 amide bonds. The summed E-state index contributed by atoms with van der Waals surface area (Å²) in [6.45, 7) is 4.96. The third-order valence-electron chi connectivity index (χ3n) is 4.43. The highest BCUT2D eigenvalue weighted by Crippen LogP contribution is 2.50. The van der Waals surface area contributed by atoms with Gasteiger partial charge >= 0.3 is 0 Å². The van der Waals surface area contributed by atoms with Crippen LogP contribution in [0.4, 0.5) is 0 Å². The predicted molar refractivity (Wildman–Crippen MR) is 85.9 cm³/mol. The predicted octanol–water partition coefficient (Wildman–Crippen LogP) is 3.84. The molecule has 0 aliphatic heterocycles. The van der Waals surface area contributed by atoms with Gasteiger partial charge in [0.1, 0.15) is 5.60 Å². The van der Waals surface area contributed by atoms with E-state index in [-0.39, 0.29) is 5.41 Å². The molecule has 0 radical (unpaired) electrons. The van der Waals surface area contributed by atoms with Crippen LogP contribution in [-0.2, 0) is 0 Å². The first-order valence-corrected chi connectivity index (χ1v) is 7.46. The number of hydrogen-bond donors (Lipinski definition) is 1. The van der Waals surface area contributed by atoms with Gasteiger partial charge in [-0.1, -0.05) is 43.7 Å². The molecule has 0 heterocycles. The molecule has 1 fully saturated rings. The van der Waals surface area contributed by atoms with Gasteiger partial charge in [0.2, 0.25) is 0 Å². The lowest BCUT2D eigenvalue weighted by Crippen LogP contribution is -2.49. The van der Waals surface area contributed by atoms with Crippen LogP contribution in [-0.4, -0.2) is 36.2 Å². The Morgan fingerprint density at radius 1 is 1.25 bits per heavy atom. The van der Waals surface area contributed by atoms with Crippen molar-refractivity contribution in [1.82, 2.24) is 4.90 Å². The number of halogens is 1. The van der Waals surface area contributed by atoms with Gasteiger partial charge < -0.3 is 10.0 Å². The zero-order valence-corrected chi connectivity index (χ0v) is 13.5. The largest absolute Gasteiger partial charge is 0.384 e. The lowest BCUT2D eigenvalue weighted by molar-refractivity contribution is -0.0308. The minimum absolute atomic E-state index is 0.102. The highest BCUT2D eigenvalue weighted by atomic mass is 35.5. The van der Waals surface area contributed by atoms with Crippen LogP contribution in [0.15, 0.2) is 29.8 Å². The van der Waals surface area contributed by atoms with Crippen molar-refractivity contribution in [3.05, 3.63) is 40.4 Å². The van der Waals surface area contributed by atoms with E-state index in [4.69, 9.17) is 11.6 Å². The number of rotatable bonds is 3. The molecule has 1 saturated carbocycles. The first kappa shape index (κ1) is 15.6. The summed E-state index contributed by atoms with van der Waals surface area (Å²) in [5, 5.41) is 12.0. The second kappa shape index (κ2) is 5.51. The molecule has 0 spiro atoms. The highest BCUT2D eigenvalue weighted by Gasteiger charge is 2.50. The Bertz CT molecular complexity index is 504. The minimum atomic E-state index is -0.768. The Morgan fingerprint density at radius 3 is 2.40 bits per heavy atom. The Labute approximate surface area is 127 Å². The molecule has 0 aromatic heterocycles. The summed E-state index contributed by atoms with van der Waals surface area (Å²) >= 11 is 5.92. The number of hydrogen-bond acceptors (Lipinski definition) is 2. The van der Waals surface area contributed by atoms with Crippen molar-refractivity contribution in [2.24, 2.45) is 5.41 Å². The Morgan fingerprint density at radius 2 is 1.85 bits per heavy atom. The van der Waals surface area contributed by atoms with Crippen LogP contribution in [0.25, 0.3) is 6.08 Å². The van der Waals surface area contributed by atoms with Gasteiger partial charge in [-0.15, -0.1) is 0 Å². The van der Waals surface area contributed by atoms with Crippen LogP contribution in [0.5, 0.6) is 0 Å². The molecule has 2 rings (SSSR count). The zero-order chi connectivity index (χ0) is 15.0. The standard InChI is InChI=1S/C17H24ClNO/c1-16(2)10-9-14(17(16,20)12-19(3)4)11-13-5-7-15(18)8-6-13/h5-8,11,20H,9-10,12H2,1-4H3. The maximum absolute atomic E-state index is 11.2. The van der Waals surface area contributed by atoms with E-state index in [9.17, 15) is 5.11 Å². The van der Waals surface area contributed by atoms with Gasteiger partial charge in [-0.25, -0.2) is 0 Å². The van der Waals surface area contributed by atoms with Crippen LogP contribution in [0.1, 0.15) is 32.3 Å². The maximum Gasteiger partial charge on any atom is 0.104 e. The smallest absolute Gasteiger partial charge is 0.104 e. The summed E-state index contributed by atoms with van der Waals surface area (Å²) in [6.07, 6.45) is 4.07. The first-order valence-electron chi connectivity index (χ1n) is 7.08. The van der Waals surface area contributed by atoms with Crippen molar-refractivity contribution in [2.75, 3.05) is 20.6 Å². The SMILES string of the molecule is CN(C)CC1(O)C(=Cc2ccc(Cl)cc2)CCC1(C)C. The summed E-state index contributed by atoms with van der Waals surface area (Å²) in [5.41, 5.74) is 1.35. The molecule has 0 saturated heterocycles. The van der Waals surface area contributed by atoms with Crippen molar-refractivity contribution in [3.8, 4) is 0 Å². The monoisotopic (exact) mass is 293 g/mol. The van der Waals surface area contributed by atoms with Crippen LogP contribution in [0.3, 0.4) is 0 Å². The van der Waals surface area contributed by atoms with E-state index < -0.39 is 5.60 Å². The van der Waals surface area contributed by atoms with Crippen LogP contribution >= 0.6 is 11.6 Å². The summed E-state index contributed by atoms with van der Waals surface area (Å²) in [5.74, 6) is 0.